The summed E-state index contributed by atoms with van der Waals surface area (Å²) in [5.41, 5.74) is 1.28. The van der Waals surface area contributed by atoms with Gasteiger partial charge in [-0.05, 0) is 30.5 Å². The lowest BCUT2D eigenvalue weighted by Crippen LogP contribution is -2.39. The molecule has 2 aromatic rings. The molecule has 0 radical (unpaired) electrons. The fourth-order valence-corrected chi connectivity index (χ4v) is 3.11. The maximum atomic E-state index is 4.81. The summed E-state index contributed by atoms with van der Waals surface area (Å²) in [4.78, 5) is 8.38. The minimum Gasteiger partial charge on any atom is -0.357 e. The quantitative estimate of drug-likeness (QED) is 0.655. The van der Waals surface area contributed by atoms with E-state index in [1.54, 1.807) is 11.3 Å². The van der Waals surface area contributed by atoms with E-state index in [9.17, 15) is 0 Å². The number of rotatable bonds is 6. The van der Waals surface area contributed by atoms with Gasteiger partial charge in [-0.2, -0.15) is 0 Å². The molecule has 22 heavy (non-hydrogen) atoms. The number of aromatic nitrogens is 1. The Hall–Kier alpha value is -1.75. The van der Waals surface area contributed by atoms with Crippen LogP contribution in [0.15, 0.2) is 40.8 Å². The van der Waals surface area contributed by atoms with E-state index in [1.807, 2.05) is 0 Å². The molecule has 0 aliphatic rings. The van der Waals surface area contributed by atoms with E-state index in [1.165, 1.54) is 10.6 Å². The van der Waals surface area contributed by atoms with Gasteiger partial charge in [-0.1, -0.05) is 13.0 Å². The van der Waals surface area contributed by atoms with Crippen molar-refractivity contribution in [2.24, 2.45) is 12.0 Å². The van der Waals surface area contributed by atoms with Crippen LogP contribution in [-0.2, 0) is 13.6 Å². The third-order valence-electron chi connectivity index (χ3n) is 3.69. The van der Waals surface area contributed by atoms with E-state index in [4.69, 9.17) is 4.99 Å². The average molecular weight is 318 g/mol. The number of nitrogens with one attached hydrogen (secondary N) is 1. The standard InChI is InChI=1S/C17H26N4S/c1-5-18-17(19-12-14(2)16-9-7-11-22-16)21(4)13-15-8-6-10-20(15)3/h6-11,14H,5,12-13H2,1-4H3,(H,18,19). The minimum absolute atomic E-state index is 0.456. The van der Waals surface area contributed by atoms with E-state index in [-0.39, 0.29) is 0 Å². The van der Waals surface area contributed by atoms with E-state index in [0.717, 1.165) is 25.6 Å². The first kappa shape index (κ1) is 16.6. The molecule has 2 heterocycles. The number of guanidine groups is 1. The fraction of sp³-hybridized carbons (Fsp3) is 0.471. The molecule has 4 nitrogen and oxygen atoms in total. The van der Waals surface area contributed by atoms with Crippen molar-refractivity contribution in [3.63, 3.8) is 0 Å². The summed E-state index contributed by atoms with van der Waals surface area (Å²) < 4.78 is 2.15. The maximum Gasteiger partial charge on any atom is 0.194 e. The Labute approximate surface area is 137 Å². The van der Waals surface area contributed by atoms with Crippen molar-refractivity contribution in [2.45, 2.75) is 26.3 Å². The van der Waals surface area contributed by atoms with Crippen LogP contribution in [0.4, 0.5) is 0 Å². The zero-order chi connectivity index (χ0) is 15.9. The van der Waals surface area contributed by atoms with Crippen molar-refractivity contribution < 1.29 is 0 Å². The molecule has 0 saturated heterocycles. The first-order valence-electron chi connectivity index (χ1n) is 7.74. The first-order valence-corrected chi connectivity index (χ1v) is 8.62. The number of hydrogen-bond acceptors (Lipinski definition) is 2. The molecule has 1 N–H and O–H groups in total. The van der Waals surface area contributed by atoms with Crippen molar-refractivity contribution in [1.29, 1.82) is 0 Å². The Kier molecular flexibility index (Phi) is 6.07. The molecular formula is C17H26N4S. The Bertz CT molecular complexity index is 586. The first-order chi connectivity index (χ1) is 10.6. The summed E-state index contributed by atoms with van der Waals surface area (Å²) >= 11 is 1.80. The van der Waals surface area contributed by atoms with Crippen LogP contribution in [-0.4, -0.2) is 35.6 Å². The van der Waals surface area contributed by atoms with Gasteiger partial charge in [-0.25, -0.2) is 0 Å². The van der Waals surface area contributed by atoms with Gasteiger partial charge in [0, 0.05) is 43.3 Å². The van der Waals surface area contributed by atoms with Gasteiger partial charge in [-0.15, -0.1) is 11.3 Å². The highest BCUT2D eigenvalue weighted by atomic mass is 32.1. The number of thiophene rings is 1. The smallest absolute Gasteiger partial charge is 0.194 e. The zero-order valence-electron chi connectivity index (χ0n) is 13.9. The Morgan fingerprint density at radius 2 is 2.23 bits per heavy atom. The zero-order valence-corrected chi connectivity index (χ0v) is 14.7. The van der Waals surface area contributed by atoms with Crippen molar-refractivity contribution in [1.82, 2.24) is 14.8 Å². The van der Waals surface area contributed by atoms with Gasteiger partial charge >= 0.3 is 0 Å². The Morgan fingerprint density at radius 3 is 2.82 bits per heavy atom. The summed E-state index contributed by atoms with van der Waals surface area (Å²) in [6.45, 7) is 6.87. The molecule has 2 aromatic heterocycles. The van der Waals surface area contributed by atoms with Gasteiger partial charge in [0.15, 0.2) is 5.96 Å². The van der Waals surface area contributed by atoms with Gasteiger partial charge < -0.3 is 14.8 Å². The number of aryl methyl sites for hydroxylation is 1. The Morgan fingerprint density at radius 1 is 1.41 bits per heavy atom. The van der Waals surface area contributed by atoms with Gasteiger partial charge in [0.1, 0.15) is 0 Å². The molecule has 0 amide bonds. The molecule has 0 bridgehead atoms. The molecule has 0 aliphatic carbocycles. The van der Waals surface area contributed by atoms with Crippen molar-refractivity contribution in [2.75, 3.05) is 20.1 Å². The maximum absolute atomic E-state index is 4.81. The fourth-order valence-electron chi connectivity index (χ4n) is 2.33. The van der Waals surface area contributed by atoms with E-state index in [0.29, 0.717) is 5.92 Å². The third-order valence-corrected chi connectivity index (χ3v) is 4.79. The number of nitrogens with zero attached hydrogens (tertiary/aromatic N) is 3. The van der Waals surface area contributed by atoms with E-state index < -0.39 is 0 Å². The molecule has 0 fully saturated rings. The molecule has 0 spiro atoms. The molecule has 0 aromatic carbocycles. The van der Waals surface area contributed by atoms with E-state index >= 15 is 0 Å². The summed E-state index contributed by atoms with van der Waals surface area (Å²) in [6, 6.07) is 8.51. The highest BCUT2D eigenvalue weighted by Gasteiger charge is 2.10. The second-order valence-electron chi connectivity index (χ2n) is 5.58. The number of aliphatic imine (C=N–C) groups is 1. The second-order valence-corrected chi connectivity index (χ2v) is 6.56. The SMILES string of the molecule is CCNC(=NCC(C)c1cccs1)N(C)Cc1cccn1C. The lowest BCUT2D eigenvalue weighted by atomic mass is 10.1. The average Bonchev–Trinajstić information content (AvgIpc) is 3.15. The summed E-state index contributed by atoms with van der Waals surface area (Å²) in [5, 5.41) is 5.51. The third kappa shape index (κ3) is 4.37. The van der Waals surface area contributed by atoms with Crippen LogP contribution in [0.3, 0.4) is 0 Å². The molecule has 1 unspecified atom stereocenters. The molecule has 1 atom stereocenters. The van der Waals surface area contributed by atoms with Crippen LogP contribution in [0.2, 0.25) is 0 Å². The van der Waals surface area contributed by atoms with Crippen LogP contribution >= 0.6 is 11.3 Å². The highest BCUT2D eigenvalue weighted by Crippen LogP contribution is 2.20. The molecule has 0 saturated carbocycles. The minimum atomic E-state index is 0.456. The van der Waals surface area contributed by atoms with Crippen LogP contribution in [0.5, 0.6) is 0 Å². The highest BCUT2D eigenvalue weighted by molar-refractivity contribution is 7.10. The van der Waals surface area contributed by atoms with Crippen molar-refractivity contribution >= 4 is 17.3 Å². The van der Waals surface area contributed by atoms with Gasteiger partial charge in [-0.3, -0.25) is 4.99 Å². The van der Waals surface area contributed by atoms with E-state index in [2.05, 4.69) is 78.6 Å². The molecule has 0 aliphatic heterocycles. The molecular weight excluding hydrogens is 292 g/mol. The summed E-state index contributed by atoms with van der Waals surface area (Å²) in [6.07, 6.45) is 2.08. The molecule has 5 heteroatoms. The van der Waals surface area contributed by atoms with Crippen LogP contribution in [0.25, 0.3) is 0 Å². The topological polar surface area (TPSA) is 32.6 Å². The lowest BCUT2D eigenvalue weighted by Gasteiger charge is -2.23. The van der Waals surface area contributed by atoms with Crippen molar-refractivity contribution in [3.05, 3.63) is 46.4 Å². The second kappa shape index (κ2) is 8.03. The molecule has 120 valence electrons. The molecule has 2 rings (SSSR count). The predicted molar refractivity (Wildman–Crippen MR) is 95.6 cm³/mol. The summed E-state index contributed by atoms with van der Waals surface area (Å²) in [7, 11) is 4.16. The van der Waals surface area contributed by atoms with Crippen LogP contribution < -0.4 is 5.32 Å². The van der Waals surface area contributed by atoms with Gasteiger partial charge in [0.25, 0.3) is 0 Å². The van der Waals surface area contributed by atoms with Crippen LogP contribution in [0.1, 0.15) is 30.3 Å². The lowest BCUT2D eigenvalue weighted by molar-refractivity contribution is 0.461. The van der Waals surface area contributed by atoms with Gasteiger partial charge in [0.05, 0.1) is 13.1 Å². The predicted octanol–water partition coefficient (Wildman–Crippen LogP) is 3.29. The Balaban J connectivity index is 2.01. The summed E-state index contributed by atoms with van der Waals surface area (Å²) in [5.74, 6) is 1.42. The van der Waals surface area contributed by atoms with Gasteiger partial charge in [0.2, 0.25) is 0 Å². The normalized spacial score (nSPS) is 13.2. The van der Waals surface area contributed by atoms with Crippen molar-refractivity contribution in [3.8, 4) is 0 Å². The monoisotopic (exact) mass is 318 g/mol. The largest absolute Gasteiger partial charge is 0.357 e. The van der Waals surface area contributed by atoms with Crippen LogP contribution in [0, 0.1) is 0 Å². The number of hydrogen-bond donors (Lipinski definition) is 1.